The third-order valence-corrected chi connectivity index (χ3v) is 3.53. The van der Waals surface area contributed by atoms with Gasteiger partial charge in [0, 0.05) is 28.6 Å². The van der Waals surface area contributed by atoms with Gasteiger partial charge in [0.25, 0.3) is 0 Å². The third kappa shape index (κ3) is 7.97. The summed E-state index contributed by atoms with van der Waals surface area (Å²) in [4.78, 5) is 0. The molecule has 3 N–H and O–H groups in total. The van der Waals surface area contributed by atoms with Gasteiger partial charge in [0.2, 0.25) is 0 Å². The Morgan fingerprint density at radius 2 is 1.52 bits per heavy atom. The summed E-state index contributed by atoms with van der Waals surface area (Å²) in [5.74, 6) is -3.20. The van der Waals surface area contributed by atoms with Crippen LogP contribution in [0.4, 0.5) is 18.9 Å². The van der Waals surface area contributed by atoms with E-state index in [-0.39, 0.29) is 10.8 Å². The average Bonchev–Trinajstić information content (AvgIpc) is 2.44. The van der Waals surface area contributed by atoms with Crippen molar-refractivity contribution in [2.24, 2.45) is 11.7 Å². The van der Waals surface area contributed by atoms with Gasteiger partial charge in [-0.05, 0) is 38.1 Å². The van der Waals surface area contributed by atoms with Crippen LogP contribution in [0.2, 0.25) is 0 Å². The van der Waals surface area contributed by atoms with Gasteiger partial charge in [0.05, 0.1) is 0 Å². The third-order valence-electron chi connectivity index (χ3n) is 3.53. The number of halogens is 3. The molecule has 0 saturated heterocycles. The van der Waals surface area contributed by atoms with E-state index in [9.17, 15) is 13.2 Å². The van der Waals surface area contributed by atoms with Crippen molar-refractivity contribution in [2.45, 2.75) is 57.2 Å². The second-order valence-electron chi connectivity index (χ2n) is 7.02. The quantitative estimate of drug-likeness (QED) is 0.545. The maximum Gasteiger partial charge on any atom is 0.194 e. The van der Waals surface area contributed by atoms with Crippen LogP contribution in [0.25, 0.3) is 0 Å². The maximum atomic E-state index is 13.0. The van der Waals surface area contributed by atoms with Crippen LogP contribution in [0.5, 0.6) is 0 Å². The minimum atomic E-state index is -1.42. The van der Waals surface area contributed by atoms with Crippen molar-refractivity contribution in [2.75, 3.05) is 11.9 Å². The monoisotopic (exact) mass is 348 g/mol. The first-order chi connectivity index (χ1) is 10.6. The molecule has 0 bridgehead atoms. The van der Waals surface area contributed by atoms with Crippen LogP contribution in [0.3, 0.4) is 0 Å². The maximum absolute atomic E-state index is 13.0. The van der Waals surface area contributed by atoms with E-state index in [1.165, 1.54) is 0 Å². The highest BCUT2D eigenvalue weighted by molar-refractivity contribution is 7.81. The predicted octanol–water partition coefficient (Wildman–Crippen LogP) is 4.75. The Hall–Kier alpha value is -0.880. The summed E-state index contributed by atoms with van der Waals surface area (Å²) < 4.78 is 39.1. The van der Waals surface area contributed by atoms with Gasteiger partial charge in [0.15, 0.2) is 17.5 Å². The molecule has 2 rings (SSSR count). The molecule has 6 heteroatoms. The minimum absolute atomic E-state index is 0.178. The van der Waals surface area contributed by atoms with E-state index in [0.29, 0.717) is 18.2 Å². The van der Waals surface area contributed by atoms with Crippen molar-refractivity contribution in [3.05, 3.63) is 29.6 Å². The Kier molecular flexibility index (Phi) is 7.74. The highest BCUT2D eigenvalue weighted by Gasteiger charge is 2.20. The zero-order valence-electron chi connectivity index (χ0n) is 14.0. The van der Waals surface area contributed by atoms with E-state index in [1.807, 2.05) is 0 Å². The Balaban J connectivity index is 0.000000463. The van der Waals surface area contributed by atoms with Gasteiger partial charge in [-0.1, -0.05) is 20.8 Å². The van der Waals surface area contributed by atoms with Gasteiger partial charge in [-0.15, -0.1) is 0 Å². The van der Waals surface area contributed by atoms with E-state index in [2.05, 4.69) is 38.7 Å². The Bertz CT molecular complexity index is 466. The second-order valence-corrected chi connectivity index (χ2v) is 8.36. The van der Waals surface area contributed by atoms with E-state index in [4.69, 9.17) is 5.73 Å². The van der Waals surface area contributed by atoms with Crippen LogP contribution in [0, 0.1) is 23.4 Å². The van der Waals surface area contributed by atoms with Gasteiger partial charge in [-0.25, -0.2) is 13.2 Å². The SMILES string of the molecule is CC(C)(C)S.NCC1CCC(Nc2cc(F)c(F)c(F)c2)CC1. The molecule has 1 aliphatic carbocycles. The van der Waals surface area contributed by atoms with Crippen molar-refractivity contribution >= 4 is 18.3 Å². The summed E-state index contributed by atoms with van der Waals surface area (Å²) in [6.45, 7) is 6.84. The van der Waals surface area contributed by atoms with Crippen LogP contribution >= 0.6 is 12.6 Å². The first kappa shape index (κ1) is 20.2. The molecule has 1 aromatic rings. The summed E-state index contributed by atoms with van der Waals surface area (Å²) in [6, 6.07) is 2.16. The molecule has 0 unspecified atom stereocenters. The van der Waals surface area contributed by atoms with Gasteiger partial charge in [-0.2, -0.15) is 12.6 Å². The molecule has 132 valence electrons. The highest BCUT2D eigenvalue weighted by atomic mass is 32.1. The molecule has 1 aliphatic rings. The van der Waals surface area contributed by atoms with Crippen LogP contribution in [-0.4, -0.2) is 17.3 Å². The summed E-state index contributed by atoms with van der Waals surface area (Å²) in [5.41, 5.74) is 5.89. The molecule has 1 fully saturated rings. The van der Waals surface area contributed by atoms with E-state index in [1.54, 1.807) is 0 Å². The molecule has 0 spiro atoms. The fraction of sp³-hybridized carbons (Fsp3) is 0.647. The normalized spacial score (nSPS) is 21.4. The van der Waals surface area contributed by atoms with Gasteiger partial charge in [-0.3, -0.25) is 0 Å². The topological polar surface area (TPSA) is 38.0 Å². The molecular formula is C17H27F3N2S. The van der Waals surface area contributed by atoms with Crippen molar-refractivity contribution in [3.8, 4) is 0 Å². The number of thiol groups is 1. The Labute approximate surface area is 142 Å². The van der Waals surface area contributed by atoms with Crippen molar-refractivity contribution in [1.29, 1.82) is 0 Å². The van der Waals surface area contributed by atoms with Crippen molar-refractivity contribution < 1.29 is 13.2 Å². The molecule has 0 aromatic heterocycles. The minimum Gasteiger partial charge on any atom is -0.382 e. The molecule has 0 aliphatic heterocycles. The van der Waals surface area contributed by atoms with Crippen LogP contribution in [-0.2, 0) is 0 Å². The lowest BCUT2D eigenvalue weighted by atomic mass is 9.86. The fourth-order valence-electron chi connectivity index (χ4n) is 2.42. The van der Waals surface area contributed by atoms with Crippen LogP contribution in [0.15, 0.2) is 12.1 Å². The van der Waals surface area contributed by atoms with E-state index >= 15 is 0 Å². The molecule has 0 atom stereocenters. The summed E-state index contributed by atoms with van der Waals surface area (Å²) in [7, 11) is 0. The van der Waals surface area contributed by atoms with Crippen molar-refractivity contribution in [1.82, 2.24) is 0 Å². The molecule has 1 aromatic carbocycles. The number of hydrogen-bond acceptors (Lipinski definition) is 3. The first-order valence-electron chi connectivity index (χ1n) is 7.93. The highest BCUT2D eigenvalue weighted by Crippen LogP contribution is 2.27. The van der Waals surface area contributed by atoms with Gasteiger partial charge in [0.1, 0.15) is 0 Å². The van der Waals surface area contributed by atoms with E-state index in [0.717, 1.165) is 37.8 Å². The zero-order chi connectivity index (χ0) is 17.6. The molecule has 0 heterocycles. The lowest BCUT2D eigenvalue weighted by molar-refractivity contribution is 0.344. The van der Waals surface area contributed by atoms with Gasteiger partial charge >= 0.3 is 0 Å². The number of nitrogens with two attached hydrogens (primary N) is 1. The second kappa shape index (κ2) is 8.83. The van der Waals surface area contributed by atoms with Crippen LogP contribution in [0.1, 0.15) is 46.5 Å². The smallest absolute Gasteiger partial charge is 0.194 e. The van der Waals surface area contributed by atoms with Gasteiger partial charge < -0.3 is 11.1 Å². The number of nitrogens with one attached hydrogen (secondary N) is 1. The molecule has 23 heavy (non-hydrogen) atoms. The average molecular weight is 348 g/mol. The number of anilines is 1. The largest absolute Gasteiger partial charge is 0.382 e. The van der Waals surface area contributed by atoms with Crippen molar-refractivity contribution in [3.63, 3.8) is 0 Å². The molecular weight excluding hydrogens is 321 g/mol. The number of hydrogen-bond donors (Lipinski definition) is 3. The Morgan fingerprint density at radius 1 is 1.09 bits per heavy atom. The fourth-order valence-corrected chi connectivity index (χ4v) is 2.42. The number of rotatable bonds is 3. The number of benzene rings is 1. The lowest BCUT2D eigenvalue weighted by Gasteiger charge is -2.29. The first-order valence-corrected chi connectivity index (χ1v) is 8.38. The summed E-state index contributed by atoms with van der Waals surface area (Å²) >= 11 is 4.12. The summed E-state index contributed by atoms with van der Waals surface area (Å²) in [5, 5.41) is 3.05. The molecule has 1 saturated carbocycles. The molecule has 0 amide bonds. The van der Waals surface area contributed by atoms with Crippen LogP contribution < -0.4 is 11.1 Å². The molecule has 2 nitrogen and oxygen atoms in total. The Morgan fingerprint density at radius 3 is 1.91 bits per heavy atom. The summed E-state index contributed by atoms with van der Waals surface area (Å²) in [6.07, 6.45) is 3.87. The van der Waals surface area contributed by atoms with E-state index < -0.39 is 17.5 Å². The lowest BCUT2D eigenvalue weighted by Crippen LogP contribution is -2.29. The predicted molar refractivity (Wildman–Crippen MR) is 93.5 cm³/mol. The zero-order valence-corrected chi connectivity index (χ0v) is 14.9. The molecule has 0 radical (unpaired) electrons. The standard InChI is InChI=1S/C13H17F3N2.C4H10S/c14-11-5-10(6-12(15)13(11)16)18-9-3-1-8(7-17)2-4-9;1-4(2,3)5/h5-6,8-9,18H,1-4,7,17H2;5H,1-3H3.